The van der Waals surface area contributed by atoms with Crippen LogP contribution in [0, 0.1) is 0 Å². The fourth-order valence-electron chi connectivity index (χ4n) is 0.117. The van der Waals surface area contributed by atoms with E-state index < -0.39 is 13.9 Å². The summed E-state index contributed by atoms with van der Waals surface area (Å²) < 4.78 is 12.9. The van der Waals surface area contributed by atoms with Crippen molar-refractivity contribution in [2.75, 3.05) is 0 Å². The third-order valence-corrected chi connectivity index (χ3v) is 0.627. The first-order valence-corrected chi connectivity index (χ1v) is 2.99. The van der Waals surface area contributed by atoms with Gasteiger partial charge >= 0.3 is 70.5 Å². The fourth-order valence-corrected chi connectivity index (χ4v) is 0.352. The van der Waals surface area contributed by atoms with E-state index in [-0.39, 0.29) is 60.9 Å². The van der Waals surface area contributed by atoms with Crippen molar-refractivity contribution in [2.45, 2.75) is 0 Å². The number of hydrogen-bond acceptors (Lipinski definition) is 3. The van der Waals surface area contributed by atoms with Gasteiger partial charge in [-0.25, -0.2) is 9.36 Å². The Morgan fingerprint density at radius 2 is 1.64 bits per heavy atom. The first kappa shape index (κ1) is 22.8. The Morgan fingerprint density at radius 1 is 1.36 bits per heavy atom. The maximum atomic E-state index is 9.61. The van der Waals surface area contributed by atoms with Gasteiger partial charge in [0.05, 0.1) is 0 Å². The van der Waals surface area contributed by atoms with Crippen LogP contribution in [0.15, 0.2) is 0 Å². The summed E-state index contributed by atoms with van der Waals surface area (Å²) in [6.07, 6.45) is -1.49. The molecule has 0 radical (unpaired) electrons. The zero-order valence-electron chi connectivity index (χ0n) is 9.64. The van der Waals surface area contributed by atoms with Gasteiger partial charge in [0.2, 0.25) is 0 Å². The van der Waals surface area contributed by atoms with Crippen molar-refractivity contribution >= 4 is 13.9 Å². The molecule has 0 atom stereocenters. The summed E-state index contributed by atoms with van der Waals surface area (Å²) in [6.45, 7) is 0. The van der Waals surface area contributed by atoms with Gasteiger partial charge in [0, 0.05) is 0 Å². The molecule has 0 unspecified atom stereocenters. The van der Waals surface area contributed by atoms with E-state index in [9.17, 15) is 9.36 Å². The third-order valence-electron chi connectivity index (χ3n) is 0.209. The van der Waals surface area contributed by atoms with Crippen molar-refractivity contribution in [2.24, 2.45) is 5.73 Å². The summed E-state index contributed by atoms with van der Waals surface area (Å²) in [4.78, 5) is 25.1. The Morgan fingerprint density at radius 3 is 1.64 bits per heavy atom. The predicted molar refractivity (Wildman–Crippen MR) is 26.0 cm³/mol. The number of nitrogens with two attached hydrogens (primary N) is 1. The van der Waals surface area contributed by atoms with Crippen molar-refractivity contribution in [3.63, 3.8) is 0 Å². The van der Waals surface area contributed by atoms with E-state index in [1.807, 2.05) is 0 Å². The second-order valence-electron chi connectivity index (χ2n) is 0.901. The zero-order valence-corrected chi connectivity index (χ0v) is 7.54. The molecule has 11 heavy (non-hydrogen) atoms. The molecule has 0 aliphatic rings. The normalized spacial score (nSPS) is 7.82. The van der Waals surface area contributed by atoms with Gasteiger partial charge in [-0.3, -0.25) is 9.79 Å². The van der Waals surface area contributed by atoms with Gasteiger partial charge in [0.15, 0.2) is 0 Å². The molecule has 0 rings (SSSR count). The third kappa shape index (κ3) is 24.7. The van der Waals surface area contributed by atoms with E-state index in [4.69, 9.17) is 9.79 Å². The number of amides is 1. The number of carbonyl (C=O) groups is 1. The van der Waals surface area contributed by atoms with Crippen LogP contribution >= 0.6 is 7.82 Å². The van der Waals surface area contributed by atoms with Crippen LogP contribution < -0.4 is 62.3 Å². The summed E-state index contributed by atoms with van der Waals surface area (Å²) in [6, 6.07) is 0. The first-order valence-electron chi connectivity index (χ1n) is 1.46. The molecule has 1 amide bonds. The maximum absolute atomic E-state index is 9.61. The maximum Gasteiger partial charge on any atom is 1.00 e. The quantitative estimate of drug-likeness (QED) is 0.264. The van der Waals surface area contributed by atoms with Crippen LogP contribution in [0.5, 0.6) is 0 Å². The van der Waals surface area contributed by atoms with Crippen LogP contribution in [0.1, 0.15) is 4.28 Å². The molecule has 0 fully saturated rings. The van der Waals surface area contributed by atoms with Gasteiger partial charge < -0.3 is 14.5 Å². The van der Waals surface area contributed by atoms with Crippen LogP contribution in [0.4, 0.5) is 4.79 Å². The molecular weight excluding hydrogens is 158 g/mol. The molecule has 4 N–H and O–H groups in total. The monoisotopic (exact) mass is 165 g/mol. The van der Waals surface area contributed by atoms with E-state index in [2.05, 4.69) is 10.3 Å². The Labute approximate surface area is 104 Å². The molecule has 6 nitrogen and oxygen atoms in total. The number of phosphoric acid groups is 1. The topological polar surface area (TPSA) is 110 Å². The predicted octanol–water partition coefficient (Wildman–Crippen LogP) is -9.48. The second-order valence-corrected chi connectivity index (χ2v) is 2.06. The van der Waals surface area contributed by atoms with Crippen molar-refractivity contribution in [3.8, 4) is 0 Å². The van der Waals surface area contributed by atoms with Crippen molar-refractivity contribution in [1.29, 1.82) is 0 Å². The Balaban J connectivity index is -0.0000000163. The van der Waals surface area contributed by atoms with Crippen LogP contribution in [0.3, 0.4) is 0 Å². The van der Waals surface area contributed by atoms with Gasteiger partial charge in [0.25, 0.3) is 0 Å². The molecule has 0 aliphatic carbocycles. The largest absolute Gasteiger partial charge is 1.00 e. The Kier molecular flexibility index (Phi) is 19.2. The molecule has 0 spiro atoms. The summed E-state index contributed by atoms with van der Waals surface area (Å²) in [7, 11) is -4.70. The minimum atomic E-state index is -4.70. The van der Waals surface area contributed by atoms with Crippen molar-refractivity contribution < 1.29 is 84.5 Å². The molecule has 0 aromatic rings. The Hall–Kier alpha value is 1.21. The van der Waals surface area contributed by atoms with E-state index in [1.165, 1.54) is 0 Å². The standard InChI is InChI=1S/CH4NO5P.3Li.3H/c2-1(3)7-8(4,5)6;;;;;;/h(H2,2,3)(H2,4,5,6);;;;;;/q;3*+1;3*-1. The van der Waals surface area contributed by atoms with E-state index in [1.54, 1.807) is 0 Å². The summed E-state index contributed by atoms with van der Waals surface area (Å²) in [5.74, 6) is 0. The minimum absolute atomic E-state index is 0. The number of primary amides is 1. The van der Waals surface area contributed by atoms with Crippen LogP contribution in [-0.4, -0.2) is 15.9 Å². The molecule has 0 bridgehead atoms. The zero-order chi connectivity index (χ0) is 6.78. The molecule has 0 saturated carbocycles. The van der Waals surface area contributed by atoms with Crippen LogP contribution in [0.2, 0.25) is 0 Å². The van der Waals surface area contributed by atoms with Crippen molar-refractivity contribution in [1.82, 2.24) is 0 Å². The number of carbonyl (C=O) groups excluding carboxylic acids is 1. The molecule has 0 aromatic heterocycles. The number of rotatable bonds is 1. The van der Waals surface area contributed by atoms with Gasteiger partial charge in [-0.15, -0.1) is 0 Å². The molecule has 0 heterocycles. The summed E-state index contributed by atoms with van der Waals surface area (Å²) in [5.41, 5.74) is 4.23. The molecular formula is CH7Li3NO5P. The van der Waals surface area contributed by atoms with E-state index >= 15 is 0 Å². The molecule has 0 aromatic carbocycles. The van der Waals surface area contributed by atoms with E-state index in [0.29, 0.717) is 0 Å². The van der Waals surface area contributed by atoms with Gasteiger partial charge in [-0.2, -0.15) is 0 Å². The molecule has 0 aliphatic heterocycles. The molecule has 0 saturated heterocycles. The minimum Gasteiger partial charge on any atom is -1.00 e. The van der Waals surface area contributed by atoms with Crippen LogP contribution in [0.25, 0.3) is 0 Å². The number of phosphoric ester groups is 1. The smallest absolute Gasteiger partial charge is 1.00 e. The molecule has 10 heteroatoms. The fraction of sp³-hybridized carbons (Fsp3) is 0. The summed E-state index contributed by atoms with van der Waals surface area (Å²) in [5, 5.41) is 0. The van der Waals surface area contributed by atoms with Crippen LogP contribution in [-0.2, 0) is 9.09 Å². The van der Waals surface area contributed by atoms with E-state index in [0.717, 1.165) is 0 Å². The average Bonchev–Trinajstić information content (AvgIpc) is 1.21. The van der Waals surface area contributed by atoms with Gasteiger partial charge in [0.1, 0.15) is 0 Å². The van der Waals surface area contributed by atoms with Gasteiger partial charge in [-0.1, -0.05) is 0 Å². The Bertz CT molecular complexity index is 155. The SMILES string of the molecule is NC(=O)OP(=O)(O)O.[H-].[H-].[H-].[Li+].[Li+].[Li+]. The molecule has 54 valence electrons. The summed E-state index contributed by atoms with van der Waals surface area (Å²) >= 11 is 0. The number of hydrogen-bond donors (Lipinski definition) is 3. The van der Waals surface area contributed by atoms with Gasteiger partial charge in [-0.05, 0) is 0 Å². The van der Waals surface area contributed by atoms with Crippen molar-refractivity contribution in [3.05, 3.63) is 0 Å². The average molecular weight is 165 g/mol. The first-order chi connectivity index (χ1) is 3.42. The second kappa shape index (κ2) is 9.30.